The molecule has 1 heterocycles. The Morgan fingerprint density at radius 2 is 2.12 bits per heavy atom. The minimum absolute atomic E-state index is 0.490. The first-order valence-electron chi connectivity index (χ1n) is 4.55. The first-order valence-corrected chi connectivity index (χ1v) is 5.40. The summed E-state index contributed by atoms with van der Waals surface area (Å²) in [6, 6.07) is 7.84. The summed E-state index contributed by atoms with van der Waals surface area (Å²) < 4.78 is 2.09. The molecule has 2 aromatic rings. The second kappa shape index (κ2) is 5.04. The van der Waals surface area contributed by atoms with Crippen molar-refractivity contribution in [1.82, 2.24) is 25.5 Å². The molecule has 2 rings (SSSR count). The van der Waals surface area contributed by atoms with E-state index in [-0.39, 0.29) is 0 Å². The molecule has 0 aliphatic carbocycles. The second-order valence-corrected chi connectivity index (χ2v) is 4.24. The maximum Gasteiger partial charge on any atom is 0.143 e. The van der Waals surface area contributed by atoms with Crippen LogP contribution in [-0.2, 0) is 6.54 Å². The van der Waals surface area contributed by atoms with E-state index >= 15 is 0 Å². The van der Waals surface area contributed by atoms with Gasteiger partial charge in [0.1, 0.15) is 10.6 Å². The Morgan fingerprint density at radius 3 is 2.69 bits per heavy atom. The first kappa shape index (κ1) is 11.0. The molecule has 0 spiro atoms. The van der Waals surface area contributed by atoms with Crippen molar-refractivity contribution in [2.45, 2.75) is 6.54 Å². The van der Waals surface area contributed by atoms with Crippen molar-refractivity contribution in [2.75, 3.05) is 0 Å². The number of tetrazole rings is 1. The van der Waals surface area contributed by atoms with Crippen LogP contribution in [0.15, 0.2) is 30.6 Å². The van der Waals surface area contributed by atoms with Gasteiger partial charge < -0.3 is 5.32 Å². The van der Waals surface area contributed by atoms with E-state index in [9.17, 15) is 0 Å². The van der Waals surface area contributed by atoms with Gasteiger partial charge in [0.05, 0.1) is 5.69 Å². The quantitative estimate of drug-likeness (QED) is 0.629. The highest BCUT2D eigenvalue weighted by Crippen LogP contribution is 2.07. The van der Waals surface area contributed by atoms with Gasteiger partial charge in [-0.05, 0) is 28.1 Å². The number of thiocarbonyl (C=S) groups is 1. The smallest absolute Gasteiger partial charge is 0.143 e. The normalized spacial score (nSPS) is 10.1. The van der Waals surface area contributed by atoms with Gasteiger partial charge in [0.15, 0.2) is 0 Å². The average molecular weight is 251 g/mol. The molecule has 5 nitrogen and oxygen atoms in total. The zero-order valence-electron chi connectivity index (χ0n) is 8.24. The minimum atomic E-state index is 0.490. The van der Waals surface area contributed by atoms with Crippen molar-refractivity contribution in [2.24, 2.45) is 0 Å². The van der Waals surface area contributed by atoms with Gasteiger partial charge in [-0.3, -0.25) is 0 Å². The maximum atomic E-state index is 4.81. The fourth-order valence-electron chi connectivity index (χ4n) is 1.22. The van der Waals surface area contributed by atoms with Crippen LogP contribution in [0.2, 0.25) is 0 Å². The van der Waals surface area contributed by atoms with E-state index in [4.69, 9.17) is 12.2 Å². The number of nitrogens with zero attached hydrogens (tertiary/aromatic N) is 4. The van der Waals surface area contributed by atoms with Crippen molar-refractivity contribution < 1.29 is 0 Å². The lowest BCUT2D eigenvalue weighted by atomic mass is 10.2. The number of hydrogen-bond donors (Lipinski definition) is 2. The summed E-state index contributed by atoms with van der Waals surface area (Å²) in [4.78, 5) is 0. The summed E-state index contributed by atoms with van der Waals surface area (Å²) in [7, 11) is 0. The lowest BCUT2D eigenvalue weighted by Crippen LogP contribution is -2.15. The molecule has 0 saturated heterocycles. The van der Waals surface area contributed by atoms with Gasteiger partial charge in [0.25, 0.3) is 0 Å². The van der Waals surface area contributed by atoms with Crippen molar-refractivity contribution in [3.05, 3.63) is 36.2 Å². The first-order chi connectivity index (χ1) is 7.75. The molecule has 0 aliphatic rings. The lowest BCUT2D eigenvalue weighted by Gasteiger charge is -2.04. The van der Waals surface area contributed by atoms with Gasteiger partial charge in [0, 0.05) is 6.54 Å². The van der Waals surface area contributed by atoms with Crippen LogP contribution in [-0.4, -0.2) is 24.5 Å². The largest absolute Gasteiger partial charge is 0.367 e. The molecule has 0 atom stereocenters. The Morgan fingerprint density at radius 1 is 1.38 bits per heavy atom. The molecule has 1 aromatic carbocycles. The number of nitrogens with one attached hydrogen (secondary N) is 1. The van der Waals surface area contributed by atoms with Crippen LogP contribution in [0.5, 0.6) is 0 Å². The van der Waals surface area contributed by atoms with E-state index in [1.165, 1.54) is 0 Å². The number of hydrogen-bond acceptors (Lipinski definition) is 4. The van der Waals surface area contributed by atoms with Gasteiger partial charge in [-0.15, -0.1) is 17.7 Å². The summed E-state index contributed by atoms with van der Waals surface area (Å²) in [5, 5.41) is 13.9. The monoisotopic (exact) mass is 251 g/mol. The number of thiol groups is 1. The molecule has 0 amide bonds. The van der Waals surface area contributed by atoms with Crippen molar-refractivity contribution in [3.8, 4) is 5.69 Å². The van der Waals surface area contributed by atoms with Crippen molar-refractivity contribution in [1.29, 1.82) is 0 Å². The van der Waals surface area contributed by atoms with E-state index in [0.717, 1.165) is 11.3 Å². The van der Waals surface area contributed by atoms with Gasteiger partial charge >= 0.3 is 0 Å². The van der Waals surface area contributed by atoms with E-state index in [0.29, 0.717) is 10.9 Å². The summed E-state index contributed by atoms with van der Waals surface area (Å²) in [6.45, 7) is 0.665. The minimum Gasteiger partial charge on any atom is -0.367 e. The fraction of sp³-hybridized carbons (Fsp3) is 0.111. The van der Waals surface area contributed by atoms with Crippen LogP contribution in [0.1, 0.15) is 5.56 Å². The number of benzene rings is 1. The Labute approximate surface area is 103 Å². The molecule has 16 heavy (non-hydrogen) atoms. The lowest BCUT2D eigenvalue weighted by molar-refractivity contribution is 0.788. The molecule has 0 fully saturated rings. The summed E-state index contributed by atoms with van der Waals surface area (Å²) in [5.41, 5.74) is 2.04. The molecule has 0 aliphatic heterocycles. The molecular formula is C9H9N5S2. The highest BCUT2D eigenvalue weighted by atomic mass is 32.1. The van der Waals surface area contributed by atoms with E-state index in [1.54, 1.807) is 11.0 Å². The molecule has 7 heteroatoms. The Bertz CT molecular complexity index is 465. The summed E-state index contributed by atoms with van der Waals surface area (Å²) >= 11 is 8.80. The van der Waals surface area contributed by atoms with Crippen molar-refractivity contribution in [3.63, 3.8) is 0 Å². The molecule has 0 saturated carbocycles. The van der Waals surface area contributed by atoms with E-state index in [2.05, 4.69) is 33.5 Å². The third-order valence-electron chi connectivity index (χ3n) is 1.99. The van der Waals surface area contributed by atoms with Gasteiger partial charge in [-0.1, -0.05) is 24.4 Å². The zero-order chi connectivity index (χ0) is 11.4. The standard InChI is InChI=1S/C9H9N5S2/c15-9(16)10-5-7-1-3-8(4-2-7)14-6-11-12-13-14/h1-4,6H,5H2,(H2,10,15,16). The maximum absolute atomic E-state index is 4.81. The SMILES string of the molecule is S=C(S)NCc1ccc(-n2cnnn2)cc1. The van der Waals surface area contributed by atoms with Gasteiger partial charge in [-0.2, -0.15) is 0 Å². The van der Waals surface area contributed by atoms with Crippen molar-refractivity contribution >= 4 is 29.2 Å². The van der Waals surface area contributed by atoms with Crippen LogP contribution >= 0.6 is 24.8 Å². The number of rotatable bonds is 3. The Hall–Kier alpha value is -1.47. The molecule has 0 bridgehead atoms. The highest BCUT2D eigenvalue weighted by Gasteiger charge is 1.98. The van der Waals surface area contributed by atoms with Crippen LogP contribution < -0.4 is 5.32 Å². The molecule has 82 valence electrons. The molecular weight excluding hydrogens is 242 g/mol. The topological polar surface area (TPSA) is 55.6 Å². The average Bonchev–Trinajstić information content (AvgIpc) is 2.80. The zero-order valence-corrected chi connectivity index (χ0v) is 9.95. The predicted molar refractivity (Wildman–Crippen MR) is 67.6 cm³/mol. The molecule has 0 unspecified atom stereocenters. The predicted octanol–water partition coefficient (Wildman–Crippen LogP) is 0.967. The fourth-order valence-corrected chi connectivity index (χ4v) is 1.38. The van der Waals surface area contributed by atoms with Crippen LogP contribution in [0.3, 0.4) is 0 Å². The van der Waals surface area contributed by atoms with Crippen LogP contribution in [0, 0.1) is 0 Å². The molecule has 1 N–H and O–H groups in total. The third kappa shape index (κ3) is 2.77. The van der Waals surface area contributed by atoms with Crippen LogP contribution in [0.25, 0.3) is 5.69 Å². The van der Waals surface area contributed by atoms with Gasteiger partial charge in [-0.25, -0.2) is 4.68 Å². The third-order valence-corrected chi connectivity index (χ3v) is 2.30. The van der Waals surface area contributed by atoms with E-state index in [1.807, 2.05) is 24.3 Å². The number of aromatic nitrogens is 4. The van der Waals surface area contributed by atoms with Gasteiger partial charge in [0.2, 0.25) is 0 Å². The molecule has 1 aromatic heterocycles. The summed E-state index contributed by atoms with van der Waals surface area (Å²) in [6.07, 6.45) is 1.55. The highest BCUT2D eigenvalue weighted by molar-refractivity contribution is 8.11. The Balaban J connectivity index is 2.08. The summed E-state index contributed by atoms with van der Waals surface area (Å²) in [5.74, 6) is 0. The Kier molecular flexibility index (Phi) is 3.47. The van der Waals surface area contributed by atoms with E-state index < -0.39 is 0 Å². The second-order valence-electron chi connectivity index (χ2n) is 3.08. The molecule has 0 radical (unpaired) electrons. The van der Waals surface area contributed by atoms with Crippen LogP contribution in [0.4, 0.5) is 0 Å².